The minimum atomic E-state index is -4.68. The molecule has 72 valence electrons. The molecule has 6 heteroatoms. The standard InChI is InChI=1S/C6H7F5O/c7-2-4(3-8)5(12)1-6(9,10)11/h4H,1-3H2. The van der Waals surface area contributed by atoms with E-state index in [9.17, 15) is 26.7 Å². The van der Waals surface area contributed by atoms with E-state index in [-0.39, 0.29) is 0 Å². The minimum absolute atomic E-state index is 1.38. The van der Waals surface area contributed by atoms with Crippen molar-refractivity contribution in [1.29, 1.82) is 0 Å². The van der Waals surface area contributed by atoms with Gasteiger partial charge in [0.1, 0.15) is 25.6 Å². The van der Waals surface area contributed by atoms with Crippen molar-refractivity contribution in [3.8, 4) is 0 Å². The molecule has 0 N–H and O–H groups in total. The molecule has 0 radical (unpaired) electrons. The van der Waals surface area contributed by atoms with Gasteiger partial charge >= 0.3 is 6.18 Å². The van der Waals surface area contributed by atoms with Crippen LogP contribution >= 0.6 is 0 Å². The summed E-state index contributed by atoms with van der Waals surface area (Å²) in [5, 5.41) is 0. The Morgan fingerprint density at radius 3 is 1.83 bits per heavy atom. The summed E-state index contributed by atoms with van der Waals surface area (Å²) in [5.41, 5.74) is 0. The normalized spacial score (nSPS) is 12.2. The molecule has 0 aromatic heterocycles. The van der Waals surface area contributed by atoms with Gasteiger partial charge in [-0.05, 0) is 0 Å². The van der Waals surface area contributed by atoms with Gasteiger partial charge in [-0.2, -0.15) is 13.2 Å². The van der Waals surface area contributed by atoms with Gasteiger partial charge in [-0.3, -0.25) is 13.6 Å². The zero-order valence-electron chi connectivity index (χ0n) is 6.00. The van der Waals surface area contributed by atoms with Gasteiger partial charge < -0.3 is 0 Å². The van der Waals surface area contributed by atoms with Crippen LogP contribution in [0.25, 0.3) is 0 Å². The van der Waals surface area contributed by atoms with Gasteiger partial charge in [-0.1, -0.05) is 0 Å². The molecule has 0 heterocycles. The Balaban J connectivity index is 4.02. The first-order chi connectivity index (χ1) is 5.40. The van der Waals surface area contributed by atoms with Crippen LogP contribution in [0.4, 0.5) is 22.0 Å². The van der Waals surface area contributed by atoms with Crippen molar-refractivity contribution in [3.63, 3.8) is 0 Å². The quantitative estimate of drug-likeness (QED) is 0.620. The van der Waals surface area contributed by atoms with E-state index < -0.39 is 37.6 Å². The number of alkyl halides is 5. The fourth-order valence-corrected chi connectivity index (χ4v) is 0.555. The maximum absolute atomic E-state index is 11.7. The summed E-state index contributed by atoms with van der Waals surface area (Å²) in [4.78, 5) is 10.4. The van der Waals surface area contributed by atoms with Crippen molar-refractivity contribution < 1.29 is 26.7 Å². The second-order valence-electron chi connectivity index (χ2n) is 2.26. The van der Waals surface area contributed by atoms with E-state index in [1.807, 2.05) is 0 Å². The van der Waals surface area contributed by atoms with Crippen LogP contribution in [0.5, 0.6) is 0 Å². The number of carbonyl (C=O) groups excluding carboxylic acids is 1. The van der Waals surface area contributed by atoms with E-state index >= 15 is 0 Å². The van der Waals surface area contributed by atoms with E-state index in [1.54, 1.807) is 0 Å². The number of hydrogen-bond donors (Lipinski definition) is 0. The van der Waals surface area contributed by atoms with Gasteiger partial charge in [0.25, 0.3) is 0 Å². The first kappa shape index (κ1) is 11.3. The lowest BCUT2D eigenvalue weighted by atomic mass is 10.1. The first-order valence-corrected chi connectivity index (χ1v) is 3.12. The molecular formula is C6H7F5O. The van der Waals surface area contributed by atoms with Crippen molar-refractivity contribution in [1.82, 2.24) is 0 Å². The highest BCUT2D eigenvalue weighted by atomic mass is 19.4. The predicted molar refractivity (Wildman–Crippen MR) is 31.1 cm³/mol. The number of halogens is 5. The Morgan fingerprint density at radius 2 is 1.58 bits per heavy atom. The summed E-state index contributed by atoms with van der Waals surface area (Å²) in [6.45, 7) is -2.77. The highest BCUT2D eigenvalue weighted by molar-refractivity contribution is 5.81. The fraction of sp³-hybridized carbons (Fsp3) is 0.833. The average molecular weight is 190 g/mol. The third kappa shape index (κ3) is 4.25. The van der Waals surface area contributed by atoms with Crippen LogP contribution in [0, 0.1) is 5.92 Å². The molecule has 0 fully saturated rings. The zero-order chi connectivity index (χ0) is 9.78. The maximum atomic E-state index is 11.7. The van der Waals surface area contributed by atoms with Crippen molar-refractivity contribution in [2.24, 2.45) is 5.92 Å². The van der Waals surface area contributed by atoms with E-state index in [0.29, 0.717) is 0 Å². The van der Waals surface area contributed by atoms with Crippen LogP contribution in [0.15, 0.2) is 0 Å². The molecule has 0 aliphatic carbocycles. The Bertz CT molecular complexity index is 149. The maximum Gasteiger partial charge on any atom is 0.395 e. The topological polar surface area (TPSA) is 17.1 Å². The number of Topliss-reactive ketones (excluding diaryl/α,β-unsaturated/α-hetero) is 1. The molecule has 0 aromatic carbocycles. The summed E-state index contributed by atoms with van der Waals surface area (Å²) < 4.78 is 57.7. The summed E-state index contributed by atoms with van der Waals surface area (Å²) >= 11 is 0. The lowest BCUT2D eigenvalue weighted by Gasteiger charge is -2.09. The smallest absolute Gasteiger partial charge is 0.299 e. The molecule has 0 saturated carbocycles. The highest BCUT2D eigenvalue weighted by Crippen LogP contribution is 2.22. The Hall–Kier alpha value is -0.680. The summed E-state index contributed by atoms with van der Waals surface area (Å²) in [6, 6.07) is 0. The number of hydrogen-bond acceptors (Lipinski definition) is 1. The molecule has 1 nitrogen and oxygen atoms in total. The molecule has 0 unspecified atom stereocenters. The summed E-state index contributed by atoms with van der Waals surface area (Å²) in [7, 11) is 0. The van der Waals surface area contributed by atoms with Gasteiger partial charge in [0.2, 0.25) is 0 Å². The largest absolute Gasteiger partial charge is 0.395 e. The molecule has 0 rings (SSSR count). The molecule has 0 aliphatic rings. The van der Waals surface area contributed by atoms with Gasteiger partial charge in [-0.25, -0.2) is 0 Å². The second-order valence-corrected chi connectivity index (χ2v) is 2.26. The zero-order valence-corrected chi connectivity index (χ0v) is 6.00. The Kier molecular flexibility index (Phi) is 4.12. The molecule has 0 bridgehead atoms. The van der Waals surface area contributed by atoms with E-state index in [2.05, 4.69) is 0 Å². The fourth-order valence-electron chi connectivity index (χ4n) is 0.555. The molecule has 0 spiro atoms. The second kappa shape index (κ2) is 4.37. The Morgan fingerprint density at radius 1 is 1.17 bits per heavy atom. The van der Waals surface area contributed by atoms with Crippen molar-refractivity contribution in [3.05, 3.63) is 0 Å². The lowest BCUT2D eigenvalue weighted by molar-refractivity contribution is -0.155. The number of ketones is 1. The van der Waals surface area contributed by atoms with Crippen LogP contribution in [0.2, 0.25) is 0 Å². The van der Waals surface area contributed by atoms with Crippen LogP contribution in [0.3, 0.4) is 0 Å². The van der Waals surface area contributed by atoms with Crippen LogP contribution in [-0.2, 0) is 4.79 Å². The van der Waals surface area contributed by atoms with E-state index in [0.717, 1.165) is 0 Å². The molecule has 0 saturated heterocycles. The summed E-state index contributed by atoms with van der Waals surface area (Å²) in [5.74, 6) is -3.20. The number of rotatable bonds is 4. The highest BCUT2D eigenvalue weighted by Gasteiger charge is 2.34. The van der Waals surface area contributed by atoms with Gasteiger partial charge in [0, 0.05) is 0 Å². The van der Waals surface area contributed by atoms with Gasteiger partial charge in [0.05, 0.1) is 5.92 Å². The van der Waals surface area contributed by atoms with Crippen molar-refractivity contribution >= 4 is 5.78 Å². The first-order valence-electron chi connectivity index (χ1n) is 3.12. The molecule has 0 aliphatic heterocycles. The minimum Gasteiger partial charge on any atom is -0.299 e. The monoisotopic (exact) mass is 190 g/mol. The predicted octanol–water partition coefficient (Wildman–Crippen LogP) is 2.06. The Labute approximate surface area is 65.6 Å². The van der Waals surface area contributed by atoms with E-state index in [1.165, 1.54) is 0 Å². The molecule has 0 atom stereocenters. The summed E-state index contributed by atoms with van der Waals surface area (Å²) in [6.07, 6.45) is -6.44. The SMILES string of the molecule is O=C(CC(F)(F)F)C(CF)CF. The molecule has 12 heavy (non-hydrogen) atoms. The third-order valence-corrected chi connectivity index (χ3v) is 1.20. The van der Waals surface area contributed by atoms with Crippen molar-refractivity contribution in [2.75, 3.05) is 13.3 Å². The molecule has 0 aromatic rings. The van der Waals surface area contributed by atoms with Crippen molar-refractivity contribution in [2.45, 2.75) is 12.6 Å². The molecule has 0 amide bonds. The van der Waals surface area contributed by atoms with Crippen LogP contribution in [0.1, 0.15) is 6.42 Å². The lowest BCUT2D eigenvalue weighted by Crippen LogP contribution is -2.24. The molecular weight excluding hydrogens is 183 g/mol. The van der Waals surface area contributed by atoms with E-state index in [4.69, 9.17) is 0 Å². The van der Waals surface area contributed by atoms with Gasteiger partial charge in [-0.15, -0.1) is 0 Å². The van der Waals surface area contributed by atoms with Crippen LogP contribution < -0.4 is 0 Å². The van der Waals surface area contributed by atoms with Crippen LogP contribution in [-0.4, -0.2) is 25.3 Å². The third-order valence-electron chi connectivity index (χ3n) is 1.20. The average Bonchev–Trinajstić information content (AvgIpc) is 1.85. The number of carbonyl (C=O) groups is 1. The van der Waals surface area contributed by atoms with Gasteiger partial charge in [0.15, 0.2) is 0 Å².